The van der Waals surface area contributed by atoms with Crippen molar-refractivity contribution in [1.82, 2.24) is 4.90 Å². The summed E-state index contributed by atoms with van der Waals surface area (Å²) in [5.41, 5.74) is 7.35. The average Bonchev–Trinajstić information content (AvgIpc) is 2.52. The first-order valence-electron chi connectivity index (χ1n) is 7.25. The Kier molecular flexibility index (Phi) is 3.57. The van der Waals surface area contributed by atoms with Gasteiger partial charge in [-0.25, -0.2) is 0 Å². The van der Waals surface area contributed by atoms with Crippen LogP contribution in [0.25, 0.3) is 0 Å². The third kappa shape index (κ3) is 3.45. The van der Waals surface area contributed by atoms with E-state index in [-0.39, 0.29) is 0 Å². The molecule has 1 heterocycles. The summed E-state index contributed by atoms with van der Waals surface area (Å²) < 4.78 is 0. The highest BCUT2D eigenvalue weighted by molar-refractivity contribution is 4.91. The Morgan fingerprint density at radius 3 is 2.41 bits per heavy atom. The van der Waals surface area contributed by atoms with Crippen molar-refractivity contribution in [3.63, 3.8) is 0 Å². The molecule has 1 aliphatic carbocycles. The van der Waals surface area contributed by atoms with Gasteiger partial charge in [0.15, 0.2) is 0 Å². The average molecular weight is 238 g/mol. The maximum atomic E-state index is 6.32. The van der Waals surface area contributed by atoms with Crippen LogP contribution in [0.15, 0.2) is 0 Å². The molecule has 2 unspecified atom stereocenters. The lowest BCUT2D eigenvalue weighted by Gasteiger charge is -2.41. The molecule has 0 amide bonds. The molecule has 0 aromatic rings. The van der Waals surface area contributed by atoms with E-state index in [0.29, 0.717) is 22.8 Å². The molecule has 1 saturated heterocycles. The normalized spacial score (nSPS) is 37.2. The van der Waals surface area contributed by atoms with Gasteiger partial charge in [0.1, 0.15) is 0 Å². The minimum absolute atomic E-state index is 0.437. The van der Waals surface area contributed by atoms with Gasteiger partial charge in [-0.05, 0) is 49.0 Å². The van der Waals surface area contributed by atoms with Gasteiger partial charge in [0.25, 0.3) is 0 Å². The van der Waals surface area contributed by atoms with Crippen molar-refractivity contribution in [3.8, 4) is 0 Å². The van der Waals surface area contributed by atoms with Crippen molar-refractivity contribution in [1.29, 1.82) is 0 Å². The Morgan fingerprint density at radius 2 is 1.82 bits per heavy atom. The number of rotatable bonds is 2. The molecule has 2 atom stereocenters. The molecule has 2 rings (SSSR count). The lowest BCUT2D eigenvalue weighted by atomic mass is 9.70. The smallest absolute Gasteiger partial charge is 0.00797 e. The molecule has 0 aromatic carbocycles. The van der Waals surface area contributed by atoms with E-state index in [1.54, 1.807) is 0 Å². The summed E-state index contributed by atoms with van der Waals surface area (Å²) in [6.07, 6.45) is 5.18. The lowest BCUT2D eigenvalue weighted by Crippen LogP contribution is -2.44. The second-order valence-electron chi connectivity index (χ2n) is 7.98. The molecule has 17 heavy (non-hydrogen) atoms. The quantitative estimate of drug-likeness (QED) is 0.801. The first kappa shape index (κ1) is 13.4. The first-order valence-corrected chi connectivity index (χ1v) is 7.25. The topological polar surface area (TPSA) is 29.3 Å². The van der Waals surface area contributed by atoms with Gasteiger partial charge in [0.2, 0.25) is 0 Å². The van der Waals surface area contributed by atoms with Crippen molar-refractivity contribution in [3.05, 3.63) is 0 Å². The standard InChI is InChI=1S/C15H30N2/c1-14(2)6-5-13(16)12(9-14)10-17-8-7-15(3,4)11-17/h12-13H,5-11,16H2,1-4H3. The molecule has 2 nitrogen and oxygen atoms in total. The number of hydrogen-bond acceptors (Lipinski definition) is 2. The molecular formula is C15H30N2. The fraction of sp³-hybridized carbons (Fsp3) is 1.00. The summed E-state index contributed by atoms with van der Waals surface area (Å²) in [6, 6.07) is 0.437. The zero-order chi connectivity index (χ0) is 12.7. The van der Waals surface area contributed by atoms with E-state index >= 15 is 0 Å². The van der Waals surface area contributed by atoms with Crippen molar-refractivity contribution < 1.29 is 0 Å². The highest BCUT2D eigenvalue weighted by Crippen LogP contribution is 2.39. The number of hydrogen-bond donors (Lipinski definition) is 1. The Balaban J connectivity index is 1.89. The summed E-state index contributed by atoms with van der Waals surface area (Å²) >= 11 is 0. The predicted molar refractivity (Wildman–Crippen MR) is 73.9 cm³/mol. The van der Waals surface area contributed by atoms with E-state index < -0.39 is 0 Å². The Morgan fingerprint density at radius 1 is 1.12 bits per heavy atom. The van der Waals surface area contributed by atoms with Gasteiger partial charge in [-0.3, -0.25) is 0 Å². The molecule has 2 heteroatoms. The van der Waals surface area contributed by atoms with Crippen LogP contribution in [0.5, 0.6) is 0 Å². The predicted octanol–water partition coefficient (Wildman–Crippen LogP) is 2.87. The van der Waals surface area contributed by atoms with Gasteiger partial charge in [0, 0.05) is 19.1 Å². The third-order valence-electron chi connectivity index (χ3n) is 4.82. The summed E-state index contributed by atoms with van der Waals surface area (Å²) in [7, 11) is 0. The van der Waals surface area contributed by atoms with Crippen LogP contribution in [-0.2, 0) is 0 Å². The Labute approximate surface area is 107 Å². The third-order valence-corrected chi connectivity index (χ3v) is 4.82. The molecular weight excluding hydrogens is 208 g/mol. The molecule has 100 valence electrons. The minimum atomic E-state index is 0.437. The SMILES string of the molecule is CC1(C)CCC(N)C(CN2CCC(C)(C)C2)C1. The van der Waals surface area contributed by atoms with Crippen molar-refractivity contribution in [2.75, 3.05) is 19.6 Å². The zero-order valence-corrected chi connectivity index (χ0v) is 12.1. The van der Waals surface area contributed by atoms with Crippen LogP contribution in [0.1, 0.15) is 53.4 Å². The molecule has 0 radical (unpaired) electrons. The maximum Gasteiger partial charge on any atom is 0.00797 e. The Hall–Kier alpha value is -0.0800. The van der Waals surface area contributed by atoms with E-state index in [4.69, 9.17) is 5.73 Å². The fourth-order valence-corrected chi connectivity index (χ4v) is 3.67. The lowest BCUT2D eigenvalue weighted by molar-refractivity contribution is 0.120. The largest absolute Gasteiger partial charge is 0.327 e. The zero-order valence-electron chi connectivity index (χ0n) is 12.1. The minimum Gasteiger partial charge on any atom is -0.327 e. The van der Waals surface area contributed by atoms with Crippen LogP contribution >= 0.6 is 0 Å². The van der Waals surface area contributed by atoms with Gasteiger partial charge < -0.3 is 10.6 Å². The van der Waals surface area contributed by atoms with Crippen LogP contribution < -0.4 is 5.73 Å². The molecule has 0 spiro atoms. The van der Waals surface area contributed by atoms with E-state index in [1.165, 1.54) is 45.3 Å². The van der Waals surface area contributed by atoms with E-state index in [0.717, 1.165) is 0 Å². The van der Waals surface area contributed by atoms with Gasteiger partial charge in [-0.2, -0.15) is 0 Å². The van der Waals surface area contributed by atoms with Gasteiger partial charge in [-0.1, -0.05) is 27.7 Å². The van der Waals surface area contributed by atoms with Crippen LogP contribution in [0.2, 0.25) is 0 Å². The van der Waals surface area contributed by atoms with Crippen molar-refractivity contribution >= 4 is 0 Å². The highest BCUT2D eigenvalue weighted by atomic mass is 15.2. The van der Waals surface area contributed by atoms with E-state index in [9.17, 15) is 0 Å². The number of nitrogens with zero attached hydrogens (tertiary/aromatic N) is 1. The fourth-order valence-electron chi connectivity index (χ4n) is 3.67. The molecule has 2 N–H and O–H groups in total. The summed E-state index contributed by atoms with van der Waals surface area (Å²) in [4.78, 5) is 2.64. The van der Waals surface area contributed by atoms with Gasteiger partial charge in [-0.15, -0.1) is 0 Å². The molecule has 0 aromatic heterocycles. The van der Waals surface area contributed by atoms with Crippen LogP contribution in [0, 0.1) is 16.7 Å². The molecule has 2 fully saturated rings. The summed E-state index contributed by atoms with van der Waals surface area (Å²) in [5, 5.41) is 0. The van der Waals surface area contributed by atoms with Crippen LogP contribution in [-0.4, -0.2) is 30.6 Å². The molecule has 1 aliphatic heterocycles. The summed E-state index contributed by atoms with van der Waals surface area (Å²) in [6.45, 7) is 13.3. The highest BCUT2D eigenvalue weighted by Gasteiger charge is 2.36. The van der Waals surface area contributed by atoms with Crippen LogP contribution in [0.4, 0.5) is 0 Å². The van der Waals surface area contributed by atoms with E-state index in [2.05, 4.69) is 32.6 Å². The Bertz CT molecular complexity index is 270. The second kappa shape index (κ2) is 4.55. The van der Waals surface area contributed by atoms with Gasteiger partial charge >= 0.3 is 0 Å². The molecule has 1 saturated carbocycles. The molecule has 2 aliphatic rings. The van der Waals surface area contributed by atoms with E-state index in [1.807, 2.05) is 0 Å². The number of likely N-dealkylation sites (tertiary alicyclic amines) is 1. The van der Waals surface area contributed by atoms with Gasteiger partial charge in [0.05, 0.1) is 0 Å². The maximum absolute atomic E-state index is 6.32. The van der Waals surface area contributed by atoms with Crippen molar-refractivity contribution in [2.45, 2.75) is 59.4 Å². The monoisotopic (exact) mass is 238 g/mol. The summed E-state index contributed by atoms with van der Waals surface area (Å²) in [5.74, 6) is 0.715. The van der Waals surface area contributed by atoms with Crippen molar-refractivity contribution in [2.24, 2.45) is 22.5 Å². The van der Waals surface area contributed by atoms with Crippen LogP contribution in [0.3, 0.4) is 0 Å². The second-order valence-corrected chi connectivity index (χ2v) is 7.98. The first-order chi connectivity index (χ1) is 7.77. The number of nitrogens with two attached hydrogens (primary N) is 1. The molecule has 0 bridgehead atoms.